The number of amidine groups is 1. The second-order valence-corrected chi connectivity index (χ2v) is 9.72. The summed E-state index contributed by atoms with van der Waals surface area (Å²) in [5.74, 6) is 1.57. The first kappa shape index (κ1) is 20.5. The zero-order chi connectivity index (χ0) is 20.4. The standard InChI is InChI=1S/C23H32N4OS/c1-16-14-19(24)15-17(2)20(16)8-13-29-27-11-9-23(10-12-27)22(28)25-21(26-23)18-6-4-3-5-7-18/h8,13-15,18H,3-7,9-12,24H2,1-2H3,(H,25,26,28)/b13-8+. The van der Waals surface area contributed by atoms with E-state index in [4.69, 9.17) is 10.7 Å². The van der Waals surface area contributed by atoms with E-state index in [-0.39, 0.29) is 5.91 Å². The average Bonchev–Trinajstić information content (AvgIpc) is 3.02. The molecule has 2 heterocycles. The first-order valence-electron chi connectivity index (χ1n) is 10.8. The number of aliphatic imine (C=N–C) groups is 1. The second-order valence-electron chi connectivity index (χ2n) is 8.72. The number of anilines is 1. The van der Waals surface area contributed by atoms with Crippen molar-refractivity contribution < 1.29 is 4.79 Å². The molecule has 5 nitrogen and oxygen atoms in total. The maximum absolute atomic E-state index is 12.7. The van der Waals surface area contributed by atoms with Gasteiger partial charge in [-0.25, -0.2) is 4.31 Å². The molecule has 1 aromatic rings. The van der Waals surface area contributed by atoms with Crippen LogP contribution in [0.1, 0.15) is 61.6 Å². The Kier molecular flexibility index (Phi) is 6.02. The normalized spacial score (nSPS) is 23.0. The molecule has 0 unspecified atom stereocenters. The van der Waals surface area contributed by atoms with E-state index in [0.717, 1.165) is 37.5 Å². The van der Waals surface area contributed by atoms with Crippen molar-refractivity contribution in [2.24, 2.45) is 10.9 Å². The fourth-order valence-electron chi connectivity index (χ4n) is 4.87. The van der Waals surface area contributed by atoms with Crippen LogP contribution in [0.5, 0.6) is 0 Å². The van der Waals surface area contributed by atoms with Crippen LogP contribution in [-0.4, -0.2) is 34.7 Å². The number of amides is 1. The zero-order valence-electron chi connectivity index (χ0n) is 17.5. The summed E-state index contributed by atoms with van der Waals surface area (Å²) in [6.45, 7) is 5.95. The third kappa shape index (κ3) is 4.38. The van der Waals surface area contributed by atoms with E-state index in [9.17, 15) is 4.79 Å². The van der Waals surface area contributed by atoms with Crippen molar-refractivity contribution in [2.45, 2.75) is 64.3 Å². The van der Waals surface area contributed by atoms with E-state index in [1.54, 1.807) is 11.9 Å². The number of aryl methyl sites for hydroxylation is 2. The Balaban J connectivity index is 1.35. The third-order valence-electron chi connectivity index (χ3n) is 6.60. The van der Waals surface area contributed by atoms with Gasteiger partial charge in [0, 0.05) is 24.7 Å². The molecule has 0 radical (unpaired) electrons. The Morgan fingerprint density at radius 3 is 2.48 bits per heavy atom. The number of nitrogens with two attached hydrogens (primary N) is 1. The lowest BCUT2D eigenvalue weighted by atomic mass is 9.88. The van der Waals surface area contributed by atoms with Crippen LogP contribution in [0.2, 0.25) is 0 Å². The molecule has 156 valence electrons. The molecular weight excluding hydrogens is 380 g/mol. The maximum atomic E-state index is 12.7. The lowest BCUT2D eigenvalue weighted by molar-refractivity contribution is -0.124. The first-order chi connectivity index (χ1) is 14.0. The number of carbonyl (C=O) groups is 1. The van der Waals surface area contributed by atoms with Crippen LogP contribution in [0.15, 0.2) is 22.5 Å². The van der Waals surface area contributed by atoms with Crippen molar-refractivity contribution >= 4 is 35.5 Å². The van der Waals surface area contributed by atoms with Gasteiger partial charge in [-0.1, -0.05) is 31.2 Å². The van der Waals surface area contributed by atoms with Crippen LogP contribution in [0.25, 0.3) is 6.08 Å². The van der Waals surface area contributed by atoms with Crippen molar-refractivity contribution in [3.05, 3.63) is 34.2 Å². The van der Waals surface area contributed by atoms with E-state index in [1.807, 2.05) is 12.1 Å². The highest BCUT2D eigenvalue weighted by Crippen LogP contribution is 2.36. The number of nitrogens with one attached hydrogen (secondary N) is 1. The molecule has 1 amide bonds. The van der Waals surface area contributed by atoms with E-state index < -0.39 is 5.54 Å². The predicted octanol–water partition coefficient (Wildman–Crippen LogP) is 4.45. The van der Waals surface area contributed by atoms with Crippen molar-refractivity contribution in [1.82, 2.24) is 9.62 Å². The second kappa shape index (κ2) is 8.52. The first-order valence-corrected chi connectivity index (χ1v) is 11.7. The summed E-state index contributed by atoms with van der Waals surface area (Å²) in [6.07, 6.45) is 9.95. The van der Waals surface area contributed by atoms with Crippen LogP contribution in [-0.2, 0) is 4.79 Å². The summed E-state index contributed by atoms with van der Waals surface area (Å²) in [5, 5.41) is 5.29. The largest absolute Gasteiger partial charge is 0.399 e. The third-order valence-corrected chi connectivity index (χ3v) is 7.52. The Morgan fingerprint density at radius 2 is 1.83 bits per heavy atom. The average molecular weight is 413 g/mol. The topological polar surface area (TPSA) is 70.7 Å². The van der Waals surface area contributed by atoms with Crippen LogP contribution in [0.4, 0.5) is 5.69 Å². The fourth-order valence-corrected chi connectivity index (χ4v) is 5.63. The molecule has 1 aliphatic carbocycles. The Hall–Kier alpha value is -1.79. The van der Waals surface area contributed by atoms with Gasteiger partial charge in [-0.3, -0.25) is 9.79 Å². The van der Waals surface area contributed by atoms with Gasteiger partial charge in [0.05, 0.1) is 0 Å². The molecule has 29 heavy (non-hydrogen) atoms. The quantitative estimate of drug-likeness (QED) is 0.566. The van der Waals surface area contributed by atoms with Crippen LogP contribution < -0.4 is 11.1 Å². The smallest absolute Gasteiger partial charge is 0.253 e. The van der Waals surface area contributed by atoms with Crippen LogP contribution in [0.3, 0.4) is 0 Å². The summed E-state index contributed by atoms with van der Waals surface area (Å²) in [6, 6.07) is 4.03. The molecular formula is C23H32N4OS. The SMILES string of the molecule is Cc1cc(N)cc(C)c1/C=C/SN1CCC2(CC1)N=C(C1CCCCC1)NC2=O. The number of rotatable bonds is 4. The molecule has 1 saturated heterocycles. The van der Waals surface area contributed by atoms with Gasteiger partial charge in [0.2, 0.25) is 0 Å². The van der Waals surface area contributed by atoms with Crippen molar-refractivity contribution in [1.29, 1.82) is 0 Å². The van der Waals surface area contributed by atoms with Gasteiger partial charge in [0.1, 0.15) is 11.4 Å². The lowest BCUT2D eigenvalue weighted by Crippen LogP contribution is -2.47. The van der Waals surface area contributed by atoms with Gasteiger partial charge >= 0.3 is 0 Å². The summed E-state index contributed by atoms with van der Waals surface area (Å²) in [4.78, 5) is 17.7. The number of nitrogen functional groups attached to an aromatic ring is 1. The Bertz CT molecular complexity index is 810. The van der Waals surface area contributed by atoms with Gasteiger partial charge in [-0.15, -0.1) is 0 Å². The minimum atomic E-state index is -0.516. The van der Waals surface area contributed by atoms with Gasteiger partial charge in [-0.2, -0.15) is 0 Å². The monoisotopic (exact) mass is 412 g/mol. The molecule has 1 spiro atoms. The van der Waals surface area contributed by atoms with Crippen molar-refractivity contribution in [2.75, 3.05) is 18.8 Å². The van der Waals surface area contributed by atoms with Gasteiger partial charge in [-0.05, 0) is 79.8 Å². The predicted molar refractivity (Wildman–Crippen MR) is 123 cm³/mol. The van der Waals surface area contributed by atoms with E-state index in [0.29, 0.717) is 5.92 Å². The van der Waals surface area contributed by atoms with E-state index in [2.05, 4.69) is 35.0 Å². The number of piperidine rings is 1. The number of benzene rings is 1. The highest BCUT2D eigenvalue weighted by atomic mass is 32.2. The molecule has 0 bridgehead atoms. The van der Waals surface area contributed by atoms with E-state index in [1.165, 1.54) is 48.8 Å². The van der Waals surface area contributed by atoms with Crippen molar-refractivity contribution in [3.8, 4) is 0 Å². The molecule has 1 saturated carbocycles. The molecule has 3 N–H and O–H groups in total. The molecule has 2 fully saturated rings. The van der Waals surface area contributed by atoms with Crippen LogP contribution >= 0.6 is 11.9 Å². The van der Waals surface area contributed by atoms with Crippen LogP contribution in [0, 0.1) is 19.8 Å². The fraction of sp³-hybridized carbons (Fsp3) is 0.565. The summed E-state index contributed by atoms with van der Waals surface area (Å²) in [5.41, 5.74) is 9.85. The lowest BCUT2D eigenvalue weighted by Gasteiger charge is -2.34. The summed E-state index contributed by atoms with van der Waals surface area (Å²) in [7, 11) is 0. The maximum Gasteiger partial charge on any atom is 0.253 e. The number of carbonyl (C=O) groups excluding carboxylic acids is 1. The van der Waals surface area contributed by atoms with Gasteiger partial charge in [0.15, 0.2) is 0 Å². The number of hydrogen-bond acceptors (Lipinski definition) is 5. The van der Waals surface area contributed by atoms with Crippen molar-refractivity contribution in [3.63, 3.8) is 0 Å². The zero-order valence-corrected chi connectivity index (χ0v) is 18.4. The summed E-state index contributed by atoms with van der Waals surface area (Å²) < 4.78 is 2.34. The molecule has 6 heteroatoms. The molecule has 4 rings (SSSR count). The molecule has 2 aliphatic heterocycles. The van der Waals surface area contributed by atoms with Gasteiger partial charge < -0.3 is 11.1 Å². The minimum Gasteiger partial charge on any atom is -0.399 e. The van der Waals surface area contributed by atoms with E-state index >= 15 is 0 Å². The molecule has 3 aliphatic rings. The van der Waals surface area contributed by atoms with Gasteiger partial charge in [0.25, 0.3) is 5.91 Å². The number of nitrogens with zero attached hydrogens (tertiary/aromatic N) is 2. The molecule has 0 atom stereocenters. The minimum absolute atomic E-state index is 0.131. The number of hydrogen-bond donors (Lipinski definition) is 2. The highest BCUT2D eigenvalue weighted by Gasteiger charge is 2.46. The summed E-state index contributed by atoms with van der Waals surface area (Å²) >= 11 is 1.73. The Morgan fingerprint density at radius 1 is 1.17 bits per heavy atom. The molecule has 1 aromatic carbocycles. The molecule has 0 aromatic heterocycles. The highest BCUT2D eigenvalue weighted by molar-refractivity contribution is 8.00. The Labute approximate surface area is 178 Å².